The van der Waals surface area contributed by atoms with E-state index < -0.39 is 16.8 Å². The van der Waals surface area contributed by atoms with Gasteiger partial charge in [0.25, 0.3) is 11.6 Å². The van der Waals surface area contributed by atoms with E-state index in [1.165, 1.54) is 12.1 Å². The molecule has 0 spiro atoms. The molecule has 1 aromatic carbocycles. The topological polar surface area (TPSA) is 93.3 Å². The van der Waals surface area contributed by atoms with Crippen LogP contribution in [0.5, 0.6) is 0 Å². The number of amides is 1. The SMILES string of the molecule is Cc1cc(N2CCC(Nc3ccc([N+](=O)[O-])cc3F)C2=O)n(C)n1. The number of carbonyl (C=O) groups excluding carboxylic acids is 1. The number of aromatic nitrogens is 2. The van der Waals surface area contributed by atoms with Crippen LogP contribution < -0.4 is 10.2 Å². The first-order valence-electron chi connectivity index (χ1n) is 7.39. The van der Waals surface area contributed by atoms with Crippen LogP contribution in [0.2, 0.25) is 0 Å². The largest absolute Gasteiger partial charge is 0.371 e. The van der Waals surface area contributed by atoms with E-state index in [0.717, 1.165) is 11.8 Å². The van der Waals surface area contributed by atoms with Gasteiger partial charge in [0.05, 0.1) is 22.4 Å². The molecule has 0 aliphatic carbocycles. The minimum absolute atomic E-state index is 0.0713. The first-order valence-corrected chi connectivity index (χ1v) is 7.39. The number of nitro benzene ring substituents is 1. The van der Waals surface area contributed by atoms with Gasteiger partial charge in [0.15, 0.2) is 5.82 Å². The molecule has 1 aromatic heterocycles. The number of nitro groups is 1. The van der Waals surface area contributed by atoms with E-state index in [9.17, 15) is 19.3 Å². The highest BCUT2D eigenvalue weighted by atomic mass is 19.1. The molecule has 1 unspecified atom stereocenters. The fourth-order valence-corrected chi connectivity index (χ4v) is 2.81. The van der Waals surface area contributed by atoms with E-state index in [4.69, 9.17) is 0 Å². The lowest BCUT2D eigenvalue weighted by atomic mass is 10.2. The quantitative estimate of drug-likeness (QED) is 0.682. The van der Waals surface area contributed by atoms with E-state index in [-0.39, 0.29) is 17.3 Å². The molecule has 0 radical (unpaired) electrons. The molecule has 3 rings (SSSR count). The molecule has 2 heterocycles. The van der Waals surface area contributed by atoms with Gasteiger partial charge in [-0.1, -0.05) is 0 Å². The van der Waals surface area contributed by atoms with Gasteiger partial charge in [0.2, 0.25) is 0 Å². The normalized spacial score (nSPS) is 17.4. The minimum atomic E-state index is -0.758. The lowest BCUT2D eigenvalue weighted by Gasteiger charge is -2.17. The molecule has 2 aromatic rings. The molecule has 1 aliphatic rings. The number of aryl methyl sites for hydroxylation is 2. The highest BCUT2D eigenvalue weighted by Crippen LogP contribution is 2.26. The summed E-state index contributed by atoms with van der Waals surface area (Å²) in [6.45, 7) is 2.33. The number of anilines is 2. The Hall–Kier alpha value is -2.97. The molecule has 0 bridgehead atoms. The number of halogens is 1. The first-order chi connectivity index (χ1) is 11.4. The summed E-state index contributed by atoms with van der Waals surface area (Å²) in [6, 6.07) is 4.54. The van der Waals surface area contributed by atoms with E-state index in [1.54, 1.807) is 16.6 Å². The predicted octanol–water partition coefficient (Wildman–Crippen LogP) is 1.99. The van der Waals surface area contributed by atoms with E-state index >= 15 is 0 Å². The summed E-state index contributed by atoms with van der Waals surface area (Å²) >= 11 is 0. The molecule has 8 nitrogen and oxygen atoms in total. The number of carbonyl (C=O) groups is 1. The molecule has 1 aliphatic heterocycles. The second kappa shape index (κ2) is 5.91. The maximum atomic E-state index is 14.0. The summed E-state index contributed by atoms with van der Waals surface area (Å²) in [6.07, 6.45) is 0.499. The highest BCUT2D eigenvalue weighted by molar-refractivity contribution is 6.00. The Morgan fingerprint density at radius 3 is 2.75 bits per heavy atom. The number of non-ortho nitro benzene ring substituents is 1. The maximum absolute atomic E-state index is 14.0. The molecule has 1 saturated heterocycles. The Morgan fingerprint density at radius 1 is 1.42 bits per heavy atom. The van der Waals surface area contributed by atoms with Crippen molar-refractivity contribution < 1.29 is 14.1 Å². The molecule has 1 N–H and O–H groups in total. The first kappa shape index (κ1) is 15.9. The number of benzene rings is 1. The van der Waals surface area contributed by atoms with Crippen molar-refractivity contribution in [3.63, 3.8) is 0 Å². The summed E-state index contributed by atoms with van der Waals surface area (Å²) in [4.78, 5) is 24.1. The molecule has 126 valence electrons. The fraction of sp³-hybridized carbons (Fsp3) is 0.333. The standard InChI is InChI=1S/C15H16FN5O3/c1-9-7-14(19(2)18-9)20-6-5-13(15(20)22)17-12-4-3-10(21(23)24)8-11(12)16/h3-4,7-8,13,17H,5-6H2,1-2H3. The van der Waals surface area contributed by atoms with Crippen LogP contribution in [0, 0.1) is 22.9 Å². The van der Waals surface area contributed by atoms with Gasteiger partial charge in [-0.3, -0.25) is 24.5 Å². The van der Waals surface area contributed by atoms with Gasteiger partial charge < -0.3 is 5.32 Å². The lowest BCUT2D eigenvalue weighted by Crippen LogP contribution is -2.34. The molecule has 0 saturated carbocycles. The summed E-state index contributed by atoms with van der Waals surface area (Å²) in [5, 5.41) is 17.7. The van der Waals surface area contributed by atoms with Crippen molar-refractivity contribution in [2.75, 3.05) is 16.8 Å². The van der Waals surface area contributed by atoms with Crippen molar-refractivity contribution in [3.05, 3.63) is 45.9 Å². The second-order valence-electron chi connectivity index (χ2n) is 5.66. The summed E-state index contributed by atoms with van der Waals surface area (Å²) in [5.41, 5.74) is 0.544. The number of hydrogen-bond donors (Lipinski definition) is 1. The predicted molar refractivity (Wildman–Crippen MR) is 85.4 cm³/mol. The maximum Gasteiger partial charge on any atom is 0.272 e. The summed E-state index contributed by atoms with van der Waals surface area (Å²) < 4.78 is 15.6. The molecule has 9 heteroatoms. The van der Waals surface area contributed by atoms with Crippen molar-refractivity contribution in [1.29, 1.82) is 0 Å². The van der Waals surface area contributed by atoms with Crippen LogP contribution in [0.15, 0.2) is 24.3 Å². The van der Waals surface area contributed by atoms with Crippen LogP contribution in [-0.2, 0) is 11.8 Å². The van der Waals surface area contributed by atoms with Gasteiger partial charge in [-0.25, -0.2) is 4.39 Å². The van der Waals surface area contributed by atoms with E-state index in [2.05, 4.69) is 10.4 Å². The van der Waals surface area contributed by atoms with Gasteiger partial charge >= 0.3 is 0 Å². The van der Waals surface area contributed by atoms with Gasteiger partial charge in [-0.15, -0.1) is 0 Å². The zero-order valence-corrected chi connectivity index (χ0v) is 13.2. The second-order valence-corrected chi connectivity index (χ2v) is 5.66. The molecule has 1 fully saturated rings. The Labute approximate surface area is 137 Å². The summed E-state index contributed by atoms with van der Waals surface area (Å²) in [7, 11) is 1.76. The van der Waals surface area contributed by atoms with Crippen LogP contribution in [-0.4, -0.2) is 33.2 Å². The average Bonchev–Trinajstić information content (AvgIpc) is 3.03. The zero-order chi connectivity index (χ0) is 17.4. The smallest absolute Gasteiger partial charge is 0.272 e. The van der Waals surface area contributed by atoms with Gasteiger partial charge in [-0.2, -0.15) is 5.10 Å². The summed E-state index contributed by atoms with van der Waals surface area (Å²) in [5.74, 6) is -0.256. The van der Waals surface area contributed by atoms with Crippen molar-refractivity contribution in [1.82, 2.24) is 9.78 Å². The van der Waals surface area contributed by atoms with Gasteiger partial charge in [0.1, 0.15) is 11.9 Å². The Balaban J connectivity index is 1.77. The Morgan fingerprint density at radius 2 is 2.17 bits per heavy atom. The van der Waals surface area contributed by atoms with Crippen LogP contribution in [0.3, 0.4) is 0 Å². The van der Waals surface area contributed by atoms with Crippen molar-refractivity contribution >= 4 is 23.1 Å². The fourth-order valence-electron chi connectivity index (χ4n) is 2.81. The number of nitrogens with zero attached hydrogens (tertiary/aromatic N) is 4. The van der Waals surface area contributed by atoms with Crippen LogP contribution in [0.4, 0.5) is 21.6 Å². The van der Waals surface area contributed by atoms with Crippen molar-refractivity contribution in [2.45, 2.75) is 19.4 Å². The Kier molecular flexibility index (Phi) is 3.92. The van der Waals surface area contributed by atoms with E-state index in [1.807, 2.05) is 13.0 Å². The monoisotopic (exact) mass is 333 g/mol. The molecule has 24 heavy (non-hydrogen) atoms. The average molecular weight is 333 g/mol. The number of rotatable bonds is 4. The number of nitrogens with one attached hydrogen (secondary N) is 1. The van der Waals surface area contributed by atoms with Crippen molar-refractivity contribution in [2.24, 2.45) is 7.05 Å². The van der Waals surface area contributed by atoms with Gasteiger partial charge in [-0.05, 0) is 19.4 Å². The Bertz CT molecular complexity index is 819. The molecular formula is C15H16FN5O3. The lowest BCUT2D eigenvalue weighted by molar-refractivity contribution is -0.385. The minimum Gasteiger partial charge on any atom is -0.371 e. The molecule has 1 atom stereocenters. The van der Waals surface area contributed by atoms with Crippen molar-refractivity contribution in [3.8, 4) is 0 Å². The third-order valence-corrected chi connectivity index (χ3v) is 3.95. The van der Waals surface area contributed by atoms with E-state index in [0.29, 0.717) is 18.8 Å². The third kappa shape index (κ3) is 2.80. The van der Waals surface area contributed by atoms with Crippen LogP contribution in [0.25, 0.3) is 0 Å². The van der Waals surface area contributed by atoms with Crippen LogP contribution >= 0.6 is 0 Å². The zero-order valence-electron chi connectivity index (χ0n) is 13.2. The van der Waals surface area contributed by atoms with Crippen LogP contribution in [0.1, 0.15) is 12.1 Å². The number of hydrogen-bond acceptors (Lipinski definition) is 5. The molecule has 1 amide bonds. The van der Waals surface area contributed by atoms with Gasteiger partial charge in [0, 0.05) is 25.7 Å². The molecular weight excluding hydrogens is 317 g/mol. The highest BCUT2D eigenvalue weighted by Gasteiger charge is 2.34. The third-order valence-electron chi connectivity index (χ3n) is 3.95.